The van der Waals surface area contributed by atoms with Crippen LogP contribution in [0.4, 0.5) is 0 Å². The van der Waals surface area contributed by atoms with Crippen LogP contribution in [0.2, 0.25) is 0 Å². The summed E-state index contributed by atoms with van der Waals surface area (Å²) in [7, 11) is -2.50. The lowest BCUT2D eigenvalue weighted by Crippen LogP contribution is -2.10. The van der Waals surface area contributed by atoms with Crippen molar-refractivity contribution >= 4 is 38.9 Å². The van der Waals surface area contributed by atoms with Crippen molar-refractivity contribution in [3.63, 3.8) is 0 Å². The summed E-state index contributed by atoms with van der Waals surface area (Å²) in [6.07, 6.45) is 0. The molecule has 9 heavy (non-hydrogen) atoms. The Kier molecular flexibility index (Phi) is 2.98. The van der Waals surface area contributed by atoms with E-state index in [0.29, 0.717) is 5.37 Å². The molecule has 0 radical (unpaired) electrons. The predicted octanol–water partition coefficient (Wildman–Crippen LogP) is 0.365. The standard InChI is InChI=1S/C3HCl2NO2S/c4-3(5,1-6)2-9(7)8/h2H. The second-order valence-electron chi connectivity index (χ2n) is 1.11. The van der Waals surface area contributed by atoms with E-state index in [1.165, 1.54) is 6.07 Å². The molecule has 0 aliphatic heterocycles. The Balaban J connectivity index is 4.65. The normalized spacial score (nSPS) is 9.89. The molecule has 0 spiro atoms. The summed E-state index contributed by atoms with van der Waals surface area (Å²) in [5, 5.41) is 8.52. The van der Waals surface area contributed by atoms with Gasteiger partial charge in [0.2, 0.25) is 14.6 Å². The second-order valence-corrected chi connectivity index (χ2v) is 3.26. The molecular weight excluding hydrogens is 185 g/mol. The lowest BCUT2D eigenvalue weighted by molar-refractivity contribution is 0.627. The van der Waals surface area contributed by atoms with Crippen molar-refractivity contribution in [3.05, 3.63) is 0 Å². The first-order valence-electron chi connectivity index (χ1n) is 1.71. The topological polar surface area (TPSA) is 57.9 Å². The second kappa shape index (κ2) is 3.06. The third kappa shape index (κ3) is 4.28. The highest BCUT2D eigenvalue weighted by Gasteiger charge is 2.19. The third-order valence-electron chi connectivity index (χ3n) is 0.393. The Morgan fingerprint density at radius 1 is 1.56 bits per heavy atom. The molecule has 50 valence electrons. The monoisotopic (exact) mass is 185 g/mol. The molecule has 0 N–H and O–H groups in total. The van der Waals surface area contributed by atoms with Gasteiger partial charge >= 0.3 is 0 Å². The van der Waals surface area contributed by atoms with Gasteiger partial charge in [-0.25, -0.2) is 0 Å². The Hall–Kier alpha value is -0.240. The van der Waals surface area contributed by atoms with Gasteiger partial charge in [0.15, 0.2) is 0 Å². The van der Waals surface area contributed by atoms with E-state index >= 15 is 0 Å². The highest BCUT2D eigenvalue weighted by Crippen LogP contribution is 2.15. The Bertz CT molecular complexity index is 252. The summed E-state index contributed by atoms with van der Waals surface area (Å²) in [6.45, 7) is 0. The molecule has 0 saturated carbocycles. The summed E-state index contributed by atoms with van der Waals surface area (Å²) < 4.78 is 17.7. The van der Waals surface area contributed by atoms with E-state index in [1.807, 2.05) is 0 Å². The van der Waals surface area contributed by atoms with Gasteiger partial charge in [-0.2, -0.15) is 13.7 Å². The first kappa shape index (κ1) is 8.76. The fraction of sp³-hybridized carbons (Fsp3) is 0.333. The molecule has 3 nitrogen and oxygen atoms in total. The van der Waals surface area contributed by atoms with Crippen LogP contribution < -0.4 is 0 Å². The zero-order valence-corrected chi connectivity index (χ0v) is 6.33. The minimum atomic E-state index is -2.50. The molecule has 0 atom stereocenters. The SMILES string of the molecule is N#CC(Cl)(Cl)C=S(=O)=O. The third-order valence-corrected chi connectivity index (χ3v) is 1.59. The van der Waals surface area contributed by atoms with Crippen LogP contribution in [0.1, 0.15) is 0 Å². The van der Waals surface area contributed by atoms with Crippen molar-refractivity contribution in [2.45, 2.75) is 4.33 Å². The summed E-state index contributed by atoms with van der Waals surface area (Å²) in [5.41, 5.74) is 0. The largest absolute Gasteiger partial charge is 0.235 e. The molecule has 0 aliphatic rings. The first-order valence-corrected chi connectivity index (χ1v) is 3.60. The van der Waals surface area contributed by atoms with Crippen LogP contribution in [0, 0.1) is 11.3 Å². The van der Waals surface area contributed by atoms with Crippen LogP contribution in [0.3, 0.4) is 0 Å². The van der Waals surface area contributed by atoms with E-state index in [9.17, 15) is 8.42 Å². The van der Waals surface area contributed by atoms with Gasteiger partial charge in [-0.05, 0) is 0 Å². The number of nitrogens with zero attached hydrogens (tertiary/aromatic N) is 1. The number of alkyl halides is 2. The number of rotatable bonds is 1. The molecule has 0 saturated heterocycles. The molecular formula is C3HCl2NO2S. The quantitative estimate of drug-likeness (QED) is 0.439. The number of halogens is 2. The molecule has 0 unspecified atom stereocenters. The minimum absolute atomic E-state index is 0.496. The lowest BCUT2D eigenvalue weighted by atomic mass is 10.5. The van der Waals surface area contributed by atoms with E-state index in [-0.39, 0.29) is 0 Å². The van der Waals surface area contributed by atoms with E-state index in [2.05, 4.69) is 0 Å². The molecule has 0 aromatic carbocycles. The van der Waals surface area contributed by atoms with Gasteiger partial charge in [0, 0.05) is 0 Å². The summed E-state index contributed by atoms with van der Waals surface area (Å²) >= 11 is 10.1. The minimum Gasteiger partial charge on any atom is -0.195 e. The number of hydrogen-bond donors (Lipinski definition) is 0. The highest BCUT2D eigenvalue weighted by molar-refractivity contribution is 7.72. The maximum atomic E-state index is 9.80. The van der Waals surface area contributed by atoms with Crippen molar-refractivity contribution in [2.24, 2.45) is 0 Å². The van der Waals surface area contributed by atoms with Crippen molar-refractivity contribution in [1.29, 1.82) is 5.26 Å². The molecule has 6 heteroatoms. The van der Waals surface area contributed by atoms with E-state index in [1.54, 1.807) is 0 Å². The van der Waals surface area contributed by atoms with Crippen molar-refractivity contribution in [2.75, 3.05) is 0 Å². The van der Waals surface area contributed by atoms with E-state index in [0.717, 1.165) is 0 Å². The molecule has 0 heterocycles. The smallest absolute Gasteiger partial charge is 0.195 e. The van der Waals surface area contributed by atoms with Crippen molar-refractivity contribution in [3.8, 4) is 6.07 Å². The van der Waals surface area contributed by atoms with Crippen LogP contribution in [0.5, 0.6) is 0 Å². The van der Waals surface area contributed by atoms with Gasteiger partial charge in [-0.15, -0.1) is 0 Å². The Morgan fingerprint density at radius 2 is 2.00 bits per heavy atom. The maximum absolute atomic E-state index is 9.80. The van der Waals surface area contributed by atoms with Gasteiger partial charge in [-0.3, -0.25) is 0 Å². The molecule has 0 aliphatic carbocycles. The highest BCUT2D eigenvalue weighted by atomic mass is 35.5. The van der Waals surface area contributed by atoms with Crippen LogP contribution in [0.25, 0.3) is 0 Å². The molecule has 0 aromatic rings. The summed E-state index contributed by atoms with van der Waals surface area (Å²) in [5.74, 6) is 0. The van der Waals surface area contributed by atoms with Gasteiger partial charge in [0.1, 0.15) is 6.07 Å². The molecule has 0 bridgehead atoms. The molecule has 0 fully saturated rings. The van der Waals surface area contributed by atoms with Crippen LogP contribution in [-0.2, 0) is 10.3 Å². The fourth-order valence-electron chi connectivity index (χ4n) is 0.147. The van der Waals surface area contributed by atoms with Gasteiger partial charge in [0.05, 0.1) is 5.37 Å². The zero-order valence-electron chi connectivity index (χ0n) is 4.01. The van der Waals surface area contributed by atoms with Crippen LogP contribution >= 0.6 is 23.2 Å². The average Bonchev–Trinajstić information content (AvgIpc) is 1.63. The maximum Gasteiger partial charge on any atom is 0.235 e. The molecule has 0 amide bonds. The number of hydrogen-bond acceptors (Lipinski definition) is 3. The first-order chi connectivity index (χ1) is 3.98. The fourth-order valence-corrected chi connectivity index (χ4v) is 0.878. The summed E-state index contributed by atoms with van der Waals surface area (Å²) in [6, 6.07) is 1.35. The van der Waals surface area contributed by atoms with Crippen LogP contribution in [-0.4, -0.2) is 18.1 Å². The van der Waals surface area contributed by atoms with E-state index in [4.69, 9.17) is 28.5 Å². The lowest BCUT2D eigenvalue weighted by Gasteiger charge is -1.95. The van der Waals surface area contributed by atoms with Gasteiger partial charge in [-0.1, -0.05) is 23.2 Å². The van der Waals surface area contributed by atoms with Gasteiger partial charge in [0.25, 0.3) is 0 Å². The Labute approximate surface area is 63.3 Å². The molecule has 0 rings (SSSR count). The number of nitriles is 1. The van der Waals surface area contributed by atoms with Gasteiger partial charge < -0.3 is 0 Å². The Morgan fingerprint density at radius 3 is 2.11 bits per heavy atom. The zero-order chi connectivity index (χ0) is 7.49. The van der Waals surface area contributed by atoms with Crippen LogP contribution in [0.15, 0.2) is 0 Å². The van der Waals surface area contributed by atoms with Crippen molar-refractivity contribution < 1.29 is 8.42 Å². The average molecular weight is 186 g/mol. The predicted molar refractivity (Wildman–Crippen MR) is 35.0 cm³/mol. The van der Waals surface area contributed by atoms with E-state index < -0.39 is 14.6 Å². The summed E-state index contributed by atoms with van der Waals surface area (Å²) in [4.78, 5) is 0. The molecule has 0 aromatic heterocycles. The van der Waals surface area contributed by atoms with Crippen molar-refractivity contribution in [1.82, 2.24) is 0 Å².